The molecular weight excluding hydrogens is 359 g/mol. The van der Waals surface area contributed by atoms with Crippen LogP contribution in [-0.4, -0.2) is 25.3 Å². The number of carbonyl (C=O) groups is 1. The molecular formula is C20H20F3NO3. The SMILES string of the molecule is CC[C@H](C(=O)N[C@H](c1ccc2c(c1)OCCO2)C(F)(F)F)c1ccccc1. The number of hydrogen-bond donors (Lipinski definition) is 1. The van der Waals surface area contributed by atoms with Crippen LogP contribution in [0.2, 0.25) is 0 Å². The fourth-order valence-electron chi connectivity index (χ4n) is 3.09. The molecule has 7 heteroatoms. The molecule has 0 aromatic heterocycles. The van der Waals surface area contributed by atoms with Crippen molar-refractivity contribution >= 4 is 5.91 Å². The monoisotopic (exact) mass is 379 g/mol. The summed E-state index contributed by atoms with van der Waals surface area (Å²) < 4.78 is 51.8. The minimum absolute atomic E-state index is 0.0944. The first-order chi connectivity index (χ1) is 12.9. The summed E-state index contributed by atoms with van der Waals surface area (Å²) in [6, 6.07) is 10.7. The predicted octanol–water partition coefficient (Wildman–Crippen LogP) is 4.37. The Labute approximate surface area is 155 Å². The average Bonchev–Trinajstić information content (AvgIpc) is 2.66. The van der Waals surface area contributed by atoms with Crippen molar-refractivity contribution in [1.29, 1.82) is 0 Å². The molecule has 0 saturated carbocycles. The van der Waals surface area contributed by atoms with E-state index in [1.807, 2.05) is 0 Å². The minimum Gasteiger partial charge on any atom is -0.486 e. The molecule has 0 bridgehead atoms. The molecule has 144 valence electrons. The van der Waals surface area contributed by atoms with Gasteiger partial charge in [-0.2, -0.15) is 13.2 Å². The van der Waals surface area contributed by atoms with Crippen molar-refractivity contribution in [2.45, 2.75) is 31.5 Å². The highest BCUT2D eigenvalue weighted by Gasteiger charge is 2.43. The fourth-order valence-corrected chi connectivity index (χ4v) is 3.09. The molecule has 1 N–H and O–H groups in total. The molecule has 0 aliphatic carbocycles. The quantitative estimate of drug-likeness (QED) is 0.839. The maximum atomic E-state index is 13.7. The van der Waals surface area contributed by atoms with Crippen molar-refractivity contribution in [1.82, 2.24) is 5.32 Å². The lowest BCUT2D eigenvalue weighted by atomic mass is 9.94. The molecule has 1 amide bonds. The summed E-state index contributed by atoms with van der Waals surface area (Å²) in [6.45, 7) is 2.39. The van der Waals surface area contributed by atoms with Gasteiger partial charge >= 0.3 is 6.18 Å². The van der Waals surface area contributed by atoms with Gasteiger partial charge in [-0.25, -0.2) is 0 Å². The Morgan fingerprint density at radius 1 is 1.04 bits per heavy atom. The zero-order valence-corrected chi connectivity index (χ0v) is 14.8. The Morgan fingerprint density at radius 3 is 2.33 bits per heavy atom. The number of benzene rings is 2. The summed E-state index contributed by atoms with van der Waals surface area (Å²) >= 11 is 0. The number of fused-ring (bicyclic) bond motifs is 1. The standard InChI is InChI=1S/C20H20F3NO3/c1-2-15(13-6-4-3-5-7-13)19(25)24-18(20(21,22)23)14-8-9-16-17(12-14)27-11-10-26-16/h3-9,12,15,18H,2,10-11H2,1H3,(H,24,25)/t15-,18+/m0/s1. The van der Waals surface area contributed by atoms with E-state index >= 15 is 0 Å². The first-order valence-corrected chi connectivity index (χ1v) is 8.71. The second-order valence-corrected chi connectivity index (χ2v) is 6.26. The first-order valence-electron chi connectivity index (χ1n) is 8.71. The van der Waals surface area contributed by atoms with Gasteiger partial charge < -0.3 is 14.8 Å². The molecule has 0 unspecified atom stereocenters. The van der Waals surface area contributed by atoms with Crippen LogP contribution in [0.4, 0.5) is 13.2 Å². The van der Waals surface area contributed by atoms with Crippen LogP contribution in [-0.2, 0) is 4.79 Å². The predicted molar refractivity (Wildman–Crippen MR) is 93.8 cm³/mol. The molecule has 0 fully saturated rings. The number of halogens is 3. The summed E-state index contributed by atoms with van der Waals surface area (Å²) in [6.07, 6.45) is -4.25. The van der Waals surface area contributed by atoms with E-state index in [4.69, 9.17) is 9.47 Å². The molecule has 1 aliphatic heterocycles. The van der Waals surface area contributed by atoms with E-state index in [9.17, 15) is 18.0 Å². The highest BCUT2D eigenvalue weighted by molar-refractivity contribution is 5.84. The van der Waals surface area contributed by atoms with Gasteiger partial charge in [0, 0.05) is 0 Å². The average molecular weight is 379 g/mol. The smallest absolute Gasteiger partial charge is 0.412 e. The van der Waals surface area contributed by atoms with Crippen LogP contribution in [0.15, 0.2) is 48.5 Å². The Morgan fingerprint density at radius 2 is 1.70 bits per heavy atom. The third kappa shape index (κ3) is 4.35. The second kappa shape index (κ2) is 7.90. The number of rotatable bonds is 5. The van der Waals surface area contributed by atoms with Gasteiger partial charge in [-0.3, -0.25) is 4.79 Å². The molecule has 0 saturated heterocycles. The van der Waals surface area contributed by atoms with E-state index in [0.29, 0.717) is 24.3 Å². The third-order valence-electron chi connectivity index (χ3n) is 4.44. The molecule has 0 spiro atoms. The summed E-state index contributed by atoms with van der Waals surface area (Å²) in [5.41, 5.74) is 0.587. The van der Waals surface area contributed by atoms with E-state index in [0.717, 1.165) is 0 Å². The third-order valence-corrected chi connectivity index (χ3v) is 4.44. The van der Waals surface area contributed by atoms with Crippen molar-refractivity contribution < 1.29 is 27.4 Å². The molecule has 0 radical (unpaired) electrons. The van der Waals surface area contributed by atoms with Gasteiger partial charge in [0.2, 0.25) is 5.91 Å². The Balaban J connectivity index is 1.86. The number of amides is 1. The normalized spacial score (nSPS) is 15.7. The maximum absolute atomic E-state index is 13.7. The van der Waals surface area contributed by atoms with Gasteiger partial charge in [0.1, 0.15) is 13.2 Å². The second-order valence-electron chi connectivity index (χ2n) is 6.26. The van der Waals surface area contributed by atoms with E-state index in [1.165, 1.54) is 18.2 Å². The van der Waals surface area contributed by atoms with Crippen LogP contribution in [0.1, 0.15) is 36.4 Å². The molecule has 2 atom stereocenters. The van der Waals surface area contributed by atoms with Crippen LogP contribution in [0.25, 0.3) is 0 Å². The van der Waals surface area contributed by atoms with Gasteiger partial charge in [0.15, 0.2) is 17.5 Å². The summed E-state index contributed by atoms with van der Waals surface area (Å²) in [7, 11) is 0. The van der Waals surface area contributed by atoms with Crippen molar-refractivity contribution in [2.75, 3.05) is 13.2 Å². The number of ether oxygens (including phenoxy) is 2. The Hall–Kier alpha value is -2.70. The lowest BCUT2D eigenvalue weighted by Gasteiger charge is -2.26. The topological polar surface area (TPSA) is 47.6 Å². The number of alkyl halides is 3. The van der Waals surface area contributed by atoms with Gasteiger partial charge in [-0.15, -0.1) is 0 Å². The van der Waals surface area contributed by atoms with Gasteiger partial charge in [0.05, 0.1) is 5.92 Å². The maximum Gasteiger partial charge on any atom is 0.412 e. The molecule has 2 aromatic rings. The summed E-state index contributed by atoms with van der Waals surface area (Å²) in [4.78, 5) is 12.6. The van der Waals surface area contributed by atoms with Gasteiger partial charge in [-0.1, -0.05) is 43.3 Å². The summed E-state index contributed by atoms with van der Waals surface area (Å²) in [5, 5.41) is 2.17. The van der Waals surface area contributed by atoms with E-state index in [2.05, 4.69) is 5.32 Å². The van der Waals surface area contributed by atoms with Crippen molar-refractivity contribution in [3.8, 4) is 11.5 Å². The van der Waals surface area contributed by atoms with Crippen molar-refractivity contribution in [2.24, 2.45) is 0 Å². The van der Waals surface area contributed by atoms with Crippen LogP contribution in [0, 0.1) is 0 Å². The lowest BCUT2D eigenvalue weighted by Crippen LogP contribution is -2.40. The van der Waals surface area contributed by atoms with Gasteiger partial charge in [0.25, 0.3) is 0 Å². The van der Waals surface area contributed by atoms with E-state index in [-0.39, 0.29) is 17.9 Å². The molecule has 3 rings (SSSR count). The van der Waals surface area contributed by atoms with Crippen LogP contribution in [0.5, 0.6) is 11.5 Å². The van der Waals surface area contributed by atoms with E-state index < -0.39 is 24.0 Å². The largest absolute Gasteiger partial charge is 0.486 e. The molecule has 1 heterocycles. The van der Waals surface area contributed by atoms with Crippen LogP contribution in [0.3, 0.4) is 0 Å². The zero-order valence-electron chi connectivity index (χ0n) is 14.8. The highest BCUT2D eigenvalue weighted by atomic mass is 19.4. The number of nitrogens with one attached hydrogen (secondary N) is 1. The Bertz CT molecular complexity index is 793. The molecule has 4 nitrogen and oxygen atoms in total. The number of carbonyl (C=O) groups excluding carboxylic acids is 1. The molecule has 27 heavy (non-hydrogen) atoms. The minimum atomic E-state index is -4.64. The molecule has 1 aliphatic rings. The van der Waals surface area contributed by atoms with E-state index in [1.54, 1.807) is 37.3 Å². The van der Waals surface area contributed by atoms with Crippen LogP contribution < -0.4 is 14.8 Å². The van der Waals surface area contributed by atoms with Crippen LogP contribution >= 0.6 is 0 Å². The lowest BCUT2D eigenvalue weighted by molar-refractivity contribution is -0.164. The van der Waals surface area contributed by atoms with Crippen molar-refractivity contribution in [3.63, 3.8) is 0 Å². The highest BCUT2D eigenvalue weighted by Crippen LogP contribution is 2.38. The first kappa shape index (κ1) is 19.1. The Kier molecular flexibility index (Phi) is 5.58. The van der Waals surface area contributed by atoms with Crippen molar-refractivity contribution in [3.05, 3.63) is 59.7 Å². The zero-order chi connectivity index (χ0) is 19.4. The number of hydrogen-bond acceptors (Lipinski definition) is 3. The summed E-state index contributed by atoms with van der Waals surface area (Å²) in [5.74, 6) is -0.681. The molecule has 2 aromatic carbocycles. The van der Waals surface area contributed by atoms with Gasteiger partial charge in [-0.05, 0) is 29.7 Å². The fraction of sp³-hybridized carbons (Fsp3) is 0.350.